The molecule has 3 heterocycles. The average Bonchev–Trinajstić information content (AvgIpc) is 3.36. The predicted octanol–water partition coefficient (Wildman–Crippen LogP) is 6.64. The largest absolute Gasteiger partial charge is 0.481 e. The summed E-state index contributed by atoms with van der Waals surface area (Å²) in [6, 6.07) is 12.6. The maximum atomic E-state index is 13.8. The van der Waals surface area contributed by atoms with Gasteiger partial charge < -0.3 is 10.0 Å². The highest BCUT2D eigenvalue weighted by atomic mass is 32.1. The summed E-state index contributed by atoms with van der Waals surface area (Å²) in [7, 11) is 0. The van der Waals surface area contributed by atoms with Crippen LogP contribution in [0.4, 0.5) is 10.9 Å². The van der Waals surface area contributed by atoms with Gasteiger partial charge in [0, 0.05) is 47.8 Å². The Bertz CT molecular complexity index is 1310. The van der Waals surface area contributed by atoms with Crippen molar-refractivity contribution < 1.29 is 14.7 Å². The molecule has 1 unspecified atom stereocenters. The molecule has 39 heavy (non-hydrogen) atoms. The number of anilines is 2. The monoisotopic (exact) mass is 544 g/mol. The molecule has 3 aromatic rings. The average molecular weight is 545 g/mol. The molecule has 1 atom stereocenters. The van der Waals surface area contributed by atoms with Crippen molar-refractivity contribution in [2.45, 2.75) is 70.3 Å². The normalized spacial score (nSPS) is 18.4. The fourth-order valence-corrected chi connectivity index (χ4v) is 7.13. The number of amides is 1. The second kappa shape index (κ2) is 11.5. The fourth-order valence-electron chi connectivity index (χ4n) is 6.23. The number of carboxylic acid groups (broad SMARTS) is 1. The van der Waals surface area contributed by atoms with E-state index in [9.17, 15) is 14.7 Å². The van der Waals surface area contributed by atoms with E-state index < -0.39 is 11.9 Å². The predicted molar refractivity (Wildman–Crippen MR) is 155 cm³/mol. The molecule has 8 heteroatoms. The molecule has 1 saturated heterocycles. The van der Waals surface area contributed by atoms with Crippen LogP contribution in [-0.2, 0) is 9.59 Å². The number of nitrogens with zero attached hydrogens (tertiary/aromatic N) is 4. The molecule has 2 aliphatic carbocycles. The maximum Gasteiger partial charge on any atom is 0.304 e. The first-order valence-corrected chi connectivity index (χ1v) is 15.3. The van der Waals surface area contributed by atoms with Crippen LogP contribution >= 0.6 is 11.3 Å². The van der Waals surface area contributed by atoms with Gasteiger partial charge in [-0.2, -0.15) is 0 Å². The molecule has 1 N–H and O–H groups in total. The molecule has 6 rings (SSSR count). The molecule has 0 bridgehead atoms. The highest BCUT2D eigenvalue weighted by molar-refractivity contribution is 7.14. The summed E-state index contributed by atoms with van der Waals surface area (Å²) in [5.41, 5.74) is 3.94. The number of hydrogen-bond donors (Lipinski definition) is 1. The summed E-state index contributed by atoms with van der Waals surface area (Å²) < 4.78 is 0. The van der Waals surface area contributed by atoms with Crippen molar-refractivity contribution in [1.29, 1.82) is 0 Å². The van der Waals surface area contributed by atoms with Crippen LogP contribution in [0.25, 0.3) is 22.4 Å². The standard InChI is InChI=1S/C31H36N4O3S/c36-29(37)18-23(17-21-7-1-2-8-21)30(38)35(24-12-13-24)31-33-27(20-39-31)26-10-4-3-9-25(26)22-11-14-28(32-19-22)34-15-5-6-16-34/h3-4,9-11,14,19-21,23-24H,1-2,5-8,12-13,15-18H2,(H,36,37). The summed E-state index contributed by atoms with van der Waals surface area (Å²) in [5.74, 6) is 0.00858. The molecule has 0 spiro atoms. The highest BCUT2D eigenvalue weighted by Crippen LogP contribution is 2.40. The van der Waals surface area contributed by atoms with Crippen LogP contribution in [0.1, 0.15) is 64.2 Å². The van der Waals surface area contributed by atoms with Gasteiger partial charge in [0.05, 0.1) is 12.1 Å². The SMILES string of the molecule is O=C(O)CC(CC1CCCC1)C(=O)N(c1nc(-c2ccccc2-c2ccc(N3CCCC3)nc2)cs1)C1CC1. The van der Waals surface area contributed by atoms with Gasteiger partial charge in [0.25, 0.3) is 0 Å². The van der Waals surface area contributed by atoms with E-state index in [4.69, 9.17) is 9.97 Å². The van der Waals surface area contributed by atoms with E-state index in [1.54, 1.807) is 0 Å². The van der Waals surface area contributed by atoms with E-state index >= 15 is 0 Å². The smallest absolute Gasteiger partial charge is 0.304 e. The zero-order chi connectivity index (χ0) is 26.8. The Morgan fingerprint density at radius 2 is 1.74 bits per heavy atom. The number of carbonyl (C=O) groups is 2. The molecule has 2 saturated carbocycles. The Kier molecular flexibility index (Phi) is 7.64. The van der Waals surface area contributed by atoms with Crippen molar-refractivity contribution in [1.82, 2.24) is 9.97 Å². The van der Waals surface area contributed by atoms with E-state index in [-0.39, 0.29) is 18.4 Å². The second-order valence-corrected chi connectivity index (χ2v) is 12.1. The van der Waals surface area contributed by atoms with E-state index in [1.165, 1.54) is 37.0 Å². The number of aromatic nitrogens is 2. The van der Waals surface area contributed by atoms with Gasteiger partial charge >= 0.3 is 5.97 Å². The number of thiazole rings is 1. The van der Waals surface area contributed by atoms with E-state index in [2.05, 4.69) is 29.2 Å². The lowest BCUT2D eigenvalue weighted by molar-refractivity contribution is -0.141. The summed E-state index contributed by atoms with van der Waals surface area (Å²) in [4.78, 5) is 39.4. The van der Waals surface area contributed by atoms with Crippen molar-refractivity contribution in [2.75, 3.05) is 22.9 Å². The van der Waals surface area contributed by atoms with Crippen molar-refractivity contribution in [3.63, 3.8) is 0 Å². The number of pyridine rings is 1. The minimum atomic E-state index is -0.903. The minimum absolute atomic E-state index is 0.0670. The lowest BCUT2D eigenvalue weighted by Gasteiger charge is -2.26. The molecule has 0 radical (unpaired) electrons. The molecular formula is C31H36N4O3S. The number of rotatable bonds is 10. The van der Waals surface area contributed by atoms with Crippen LogP contribution in [-0.4, -0.2) is 46.1 Å². The van der Waals surface area contributed by atoms with E-state index in [1.807, 2.05) is 28.6 Å². The second-order valence-electron chi connectivity index (χ2n) is 11.3. The lowest BCUT2D eigenvalue weighted by Crippen LogP contribution is -2.39. The Labute approximate surface area is 233 Å². The number of hydrogen-bond acceptors (Lipinski definition) is 6. The summed E-state index contributed by atoms with van der Waals surface area (Å²) >= 11 is 1.48. The molecule has 1 aromatic carbocycles. The third kappa shape index (κ3) is 5.86. The molecule has 2 aromatic heterocycles. The Balaban J connectivity index is 1.26. The quantitative estimate of drug-likeness (QED) is 0.308. The van der Waals surface area contributed by atoms with Gasteiger partial charge in [0.15, 0.2) is 5.13 Å². The first-order valence-electron chi connectivity index (χ1n) is 14.4. The molecule has 7 nitrogen and oxygen atoms in total. The van der Waals surface area contributed by atoms with Crippen LogP contribution in [0, 0.1) is 11.8 Å². The van der Waals surface area contributed by atoms with Crippen LogP contribution in [0.5, 0.6) is 0 Å². The van der Waals surface area contributed by atoms with Crippen LogP contribution < -0.4 is 9.80 Å². The van der Waals surface area contributed by atoms with Crippen LogP contribution in [0.15, 0.2) is 48.0 Å². The first kappa shape index (κ1) is 26.0. The van der Waals surface area contributed by atoms with Crippen LogP contribution in [0.3, 0.4) is 0 Å². The zero-order valence-electron chi connectivity index (χ0n) is 22.3. The third-order valence-corrected chi connectivity index (χ3v) is 9.24. The number of benzene rings is 1. The molecular weight excluding hydrogens is 508 g/mol. The van der Waals surface area contributed by atoms with Crippen molar-refractivity contribution in [2.24, 2.45) is 11.8 Å². The lowest BCUT2D eigenvalue weighted by atomic mass is 9.90. The van der Waals surface area contributed by atoms with Gasteiger partial charge in [-0.25, -0.2) is 9.97 Å². The Hall–Kier alpha value is -3.26. The summed E-state index contributed by atoms with van der Waals surface area (Å²) in [6.45, 7) is 2.13. The molecule has 3 aliphatic rings. The van der Waals surface area contributed by atoms with Gasteiger partial charge in [-0.1, -0.05) is 49.9 Å². The van der Waals surface area contributed by atoms with Gasteiger partial charge in [-0.15, -0.1) is 11.3 Å². The van der Waals surface area contributed by atoms with Gasteiger partial charge in [-0.3, -0.25) is 14.5 Å². The first-order chi connectivity index (χ1) is 19.1. The number of carbonyl (C=O) groups excluding carboxylic acids is 1. The highest BCUT2D eigenvalue weighted by Gasteiger charge is 2.40. The summed E-state index contributed by atoms with van der Waals surface area (Å²) in [5, 5.41) is 12.3. The molecule has 1 aliphatic heterocycles. The van der Waals surface area contributed by atoms with Crippen molar-refractivity contribution >= 4 is 34.2 Å². The minimum Gasteiger partial charge on any atom is -0.481 e. The zero-order valence-corrected chi connectivity index (χ0v) is 23.1. The Morgan fingerprint density at radius 1 is 1.00 bits per heavy atom. The number of aliphatic carboxylic acids is 1. The molecule has 1 amide bonds. The van der Waals surface area contributed by atoms with Crippen molar-refractivity contribution in [3.8, 4) is 22.4 Å². The maximum absolute atomic E-state index is 13.8. The Morgan fingerprint density at radius 3 is 2.41 bits per heavy atom. The van der Waals surface area contributed by atoms with E-state index in [0.29, 0.717) is 17.5 Å². The molecule has 3 fully saturated rings. The van der Waals surface area contributed by atoms with Gasteiger partial charge in [0.1, 0.15) is 5.82 Å². The summed E-state index contributed by atoms with van der Waals surface area (Å²) in [6.07, 6.45) is 11.4. The van der Waals surface area contributed by atoms with Crippen LogP contribution in [0.2, 0.25) is 0 Å². The van der Waals surface area contributed by atoms with Crippen molar-refractivity contribution in [3.05, 3.63) is 48.0 Å². The third-order valence-electron chi connectivity index (χ3n) is 8.40. The fraction of sp³-hybridized carbons (Fsp3) is 0.484. The van der Waals surface area contributed by atoms with Gasteiger partial charge in [-0.05, 0) is 55.7 Å². The van der Waals surface area contributed by atoms with E-state index in [0.717, 1.165) is 67.0 Å². The van der Waals surface area contributed by atoms with Gasteiger partial charge in [0.2, 0.25) is 5.91 Å². The topological polar surface area (TPSA) is 86.6 Å². The number of carboxylic acids is 1. The molecule has 204 valence electrons.